The molecule has 1 amide bonds. The third kappa shape index (κ3) is 61.6. The van der Waals surface area contributed by atoms with Crippen LogP contribution in [0.2, 0.25) is 0 Å². The molecule has 10 heteroatoms. The zero-order valence-electron chi connectivity index (χ0n) is 53.7. The number of unbranched alkanes of at least 4 members (excludes halogenated alkanes) is 33. The third-order valence-electron chi connectivity index (χ3n) is 14.8. The monoisotopic (exact) mass is 1150 g/mol. The molecule has 81 heavy (non-hydrogen) atoms. The van der Waals surface area contributed by atoms with Gasteiger partial charge in [-0.05, 0) is 96.0 Å². The molecular weight excluding hydrogens is 1020 g/mol. The van der Waals surface area contributed by atoms with Crippen molar-refractivity contribution in [3.8, 4) is 0 Å². The number of esters is 1. The smallest absolute Gasteiger partial charge is 0.306 e. The molecule has 0 radical (unpaired) electrons. The molecule has 0 rings (SSSR count). The van der Waals surface area contributed by atoms with Crippen molar-refractivity contribution < 1.29 is 37.3 Å². The first-order valence-electron chi connectivity index (χ1n) is 33.9. The number of allylic oxidation sites excluding steroid dienone is 13. The second kappa shape index (κ2) is 60.3. The standard InChI is InChI=1S/C71H129N2O7P/c1-7-10-13-16-19-22-25-28-30-32-33-34-35-36-37-38-39-41-42-45-48-51-54-57-60-63-70(74)72-68(67-79-81(76,77)78-66-65-73(4,5)6)69(62-59-56-53-50-47-44-27-24-21-18-15-12-9-3)80-71(75)64-61-58-55-52-49-46-43-40-31-29-26-23-20-17-14-11-8-2/h11,14,20,23,28-31,43,46,52,55,59,62,68-69H,7-10,12-13,15-19,21-22,24-27,32-42,44-45,47-51,53-54,56-58,60-61,63-67H2,1-6H3,(H-,72,74,76,77)/b14-11-,23-20-,30-28+,31-29-,46-43-,55-52-,62-59-. The fraction of sp³-hybridized carbons (Fsp3) is 0.775. The Kier molecular flexibility index (Phi) is 58.2. The lowest BCUT2D eigenvalue weighted by molar-refractivity contribution is -0.870. The van der Waals surface area contributed by atoms with Crippen molar-refractivity contribution in [1.29, 1.82) is 0 Å². The summed E-state index contributed by atoms with van der Waals surface area (Å²) in [7, 11) is 1.15. The van der Waals surface area contributed by atoms with Gasteiger partial charge in [0.15, 0.2) is 0 Å². The van der Waals surface area contributed by atoms with Gasteiger partial charge in [-0.2, -0.15) is 0 Å². The lowest BCUT2D eigenvalue weighted by Gasteiger charge is -2.30. The van der Waals surface area contributed by atoms with Gasteiger partial charge in [0.2, 0.25) is 5.91 Å². The number of phosphoric ester groups is 1. The third-order valence-corrected chi connectivity index (χ3v) is 15.8. The lowest BCUT2D eigenvalue weighted by Crippen LogP contribution is -2.47. The summed E-state index contributed by atoms with van der Waals surface area (Å²) in [5.41, 5.74) is 0. The van der Waals surface area contributed by atoms with Crippen LogP contribution in [0.3, 0.4) is 0 Å². The number of carbonyl (C=O) groups excluding carboxylic acids is 2. The highest BCUT2D eigenvalue weighted by atomic mass is 31.2. The highest BCUT2D eigenvalue weighted by Gasteiger charge is 2.27. The van der Waals surface area contributed by atoms with E-state index in [0.717, 1.165) is 77.0 Å². The van der Waals surface area contributed by atoms with Gasteiger partial charge in [0.25, 0.3) is 7.82 Å². The number of likely N-dealkylation sites (N-methyl/N-ethyl adjacent to an activating group) is 1. The van der Waals surface area contributed by atoms with E-state index in [1.807, 2.05) is 33.3 Å². The van der Waals surface area contributed by atoms with E-state index in [2.05, 4.69) is 99.0 Å². The zero-order chi connectivity index (χ0) is 59.3. The van der Waals surface area contributed by atoms with Crippen molar-refractivity contribution in [3.05, 3.63) is 85.1 Å². The predicted octanol–water partition coefficient (Wildman–Crippen LogP) is 20.7. The van der Waals surface area contributed by atoms with E-state index in [4.69, 9.17) is 13.8 Å². The molecule has 3 atom stereocenters. The molecule has 0 heterocycles. The van der Waals surface area contributed by atoms with E-state index < -0.39 is 32.5 Å². The van der Waals surface area contributed by atoms with Gasteiger partial charge in [-0.1, -0.05) is 280 Å². The lowest BCUT2D eigenvalue weighted by atomic mass is 10.0. The van der Waals surface area contributed by atoms with E-state index in [-0.39, 0.29) is 18.9 Å². The van der Waals surface area contributed by atoms with Gasteiger partial charge in [0, 0.05) is 12.8 Å². The maximum Gasteiger partial charge on any atom is 0.306 e. The second-order valence-corrected chi connectivity index (χ2v) is 25.4. The number of amides is 1. The quantitative estimate of drug-likeness (QED) is 0.0212. The van der Waals surface area contributed by atoms with Gasteiger partial charge < -0.3 is 28.5 Å². The second-order valence-electron chi connectivity index (χ2n) is 23.9. The summed E-state index contributed by atoms with van der Waals surface area (Å²) in [6.07, 6.45) is 80.0. The van der Waals surface area contributed by atoms with Crippen LogP contribution in [0, 0.1) is 0 Å². The average molecular weight is 1150 g/mol. The Balaban J connectivity index is 5.17. The number of hydrogen-bond acceptors (Lipinski definition) is 7. The van der Waals surface area contributed by atoms with Gasteiger partial charge in [-0.25, -0.2) is 0 Å². The number of carbonyl (C=O) groups is 2. The van der Waals surface area contributed by atoms with Gasteiger partial charge in [0.1, 0.15) is 19.3 Å². The minimum atomic E-state index is -4.72. The highest BCUT2D eigenvalue weighted by Crippen LogP contribution is 2.38. The van der Waals surface area contributed by atoms with Crippen LogP contribution in [-0.4, -0.2) is 69.4 Å². The molecule has 0 saturated carbocycles. The van der Waals surface area contributed by atoms with E-state index in [9.17, 15) is 19.0 Å². The summed E-state index contributed by atoms with van der Waals surface area (Å²) in [6.45, 7) is 6.71. The maximum atomic E-state index is 13.6. The molecule has 0 aliphatic rings. The molecule has 0 aromatic heterocycles. The van der Waals surface area contributed by atoms with Crippen molar-refractivity contribution in [3.63, 3.8) is 0 Å². The van der Waals surface area contributed by atoms with E-state index in [1.165, 1.54) is 186 Å². The number of nitrogens with zero attached hydrogens (tertiary/aromatic N) is 1. The number of phosphoric acid groups is 1. The van der Waals surface area contributed by atoms with Crippen LogP contribution >= 0.6 is 7.82 Å². The molecular formula is C71H129N2O7P. The van der Waals surface area contributed by atoms with Crippen LogP contribution in [0.5, 0.6) is 0 Å². The van der Waals surface area contributed by atoms with E-state index in [1.54, 1.807) is 0 Å². The molecule has 0 bridgehead atoms. The molecule has 0 aromatic carbocycles. The highest BCUT2D eigenvalue weighted by molar-refractivity contribution is 7.45. The van der Waals surface area contributed by atoms with Gasteiger partial charge >= 0.3 is 5.97 Å². The molecule has 0 fully saturated rings. The fourth-order valence-electron chi connectivity index (χ4n) is 9.61. The van der Waals surface area contributed by atoms with Gasteiger partial charge in [0.05, 0.1) is 33.8 Å². The van der Waals surface area contributed by atoms with Crippen LogP contribution in [0.15, 0.2) is 85.1 Å². The Labute approximate surface area is 501 Å². The first-order chi connectivity index (χ1) is 39.4. The van der Waals surface area contributed by atoms with Crippen LogP contribution in [0.4, 0.5) is 0 Å². The zero-order valence-corrected chi connectivity index (χ0v) is 54.6. The molecule has 9 nitrogen and oxygen atoms in total. The van der Waals surface area contributed by atoms with E-state index in [0.29, 0.717) is 23.9 Å². The van der Waals surface area contributed by atoms with Crippen molar-refractivity contribution in [1.82, 2.24) is 5.32 Å². The number of hydrogen-bond donors (Lipinski definition) is 1. The van der Waals surface area contributed by atoms with Crippen molar-refractivity contribution in [2.24, 2.45) is 0 Å². The molecule has 3 unspecified atom stereocenters. The summed E-state index contributed by atoms with van der Waals surface area (Å²) >= 11 is 0. The van der Waals surface area contributed by atoms with Crippen molar-refractivity contribution >= 4 is 19.7 Å². The Hall–Kier alpha value is -2.81. The Morgan fingerprint density at radius 1 is 0.444 bits per heavy atom. The normalized spacial score (nSPS) is 14.1. The molecule has 0 spiro atoms. The summed E-state index contributed by atoms with van der Waals surface area (Å²) in [4.78, 5) is 40.1. The van der Waals surface area contributed by atoms with Gasteiger partial charge in [-0.15, -0.1) is 0 Å². The largest absolute Gasteiger partial charge is 0.756 e. The molecule has 1 N–H and O–H groups in total. The van der Waals surface area contributed by atoms with Gasteiger partial charge in [-0.3, -0.25) is 14.2 Å². The van der Waals surface area contributed by atoms with Crippen LogP contribution < -0.4 is 10.2 Å². The maximum absolute atomic E-state index is 13.6. The fourth-order valence-corrected chi connectivity index (χ4v) is 10.3. The number of rotatable bonds is 61. The molecule has 0 aromatic rings. The van der Waals surface area contributed by atoms with Crippen molar-refractivity contribution in [2.75, 3.05) is 40.9 Å². The Bertz CT molecular complexity index is 1660. The number of ether oxygens (including phenoxy) is 1. The minimum Gasteiger partial charge on any atom is -0.756 e. The van der Waals surface area contributed by atoms with Crippen LogP contribution in [0.1, 0.15) is 303 Å². The van der Waals surface area contributed by atoms with Crippen molar-refractivity contribution in [2.45, 2.75) is 315 Å². The summed E-state index contributed by atoms with van der Waals surface area (Å²) in [5.74, 6) is -0.603. The van der Waals surface area contributed by atoms with Crippen LogP contribution in [-0.2, 0) is 27.9 Å². The Morgan fingerprint density at radius 3 is 1.22 bits per heavy atom. The first-order valence-corrected chi connectivity index (χ1v) is 35.4. The Morgan fingerprint density at radius 2 is 0.802 bits per heavy atom. The average Bonchev–Trinajstić information content (AvgIpc) is 3.44. The summed E-state index contributed by atoms with van der Waals surface area (Å²) in [6, 6.07) is -0.915. The minimum absolute atomic E-state index is 0.0331. The summed E-state index contributed by atoms with van der Waals surface area (Å²) < 4.78 is 30.3. The summed E-state index contributed by atoms with van der Waals surface area (Å²) in [5, 5.41) is 3.03. The van der Waals surface area contributed by atoms with E-state index >= 15 is 0 Å². The first kappa shape index (κ1) is 78.2. The number of nitrogens with one attached hydrogen (secondary N) is 1. The number of quaternary nitrogens is 1. The van der Waals surface area contributed by atoms with Crippen LogP contribution in [0.25, 0.3) is 0 Å². The molecule has 0 aliphatic heterocycles. The topological polar surface area (TPSA) is 114 Å². The molecule has 0 aliphatic carbocycles. The predicted molar refractivity (Wildman–Crippen MR) is 348 cm³/mol. The molecule has 0 saturated heterocycles. The molecule has 470 valence electrons. The SMILES string of the molecule is CC/C=C\C/C=C\C/C=C\C/C=C\C/C=C\CCCC(=O)OC(/C=C\CCCCCCCCCCCCC)C(COP(=O)([O-])OCC[N+](C)(C)C)NC(=O)CCCCCCCCCCCCCCCCC/C=C/CCCCCCCC.